The largest absolute Gasteiger partial charge is 0.366 e. The van der Waals surface area contributed by atoms with Crippen LogP contribution in [0.3, 0.4) is 0 Å². The molecule has 0 fully saturated rings. The molecule has 0 aliphatic carbocycles. The number of halogens is 1. The zero-order chi connectivity index (χ0) is 21.8. The molecule has 0 bridgehead atoms. The number of aromatic nitrogens is 3. The van der Waals surface area contributed by atoms with E-state index in [1.54, 1.807) is 18.5 Å². The van der Waals surface area contributed by atoms with Gasteiger partial charge in [-0.15, -0.1) is 0 Å². The van der Waals surface area contributed by atoms with Crippen molar-refractivity contribution in [1.29, 1.82) is 0 Å². The van der Waals surface area contributed by atoms with Crippen LogP contribution in [0.1, 0.15) is 23.7 Å². The van der Waals surface area contributed by atoms with Gasteiger partial charge in [0.15, 0.2) is 5.82 Å². The van der Waals surface area contributed by atoms with Crippen molar-refractivity contribution >= 4 is 5.82 Å². The minimum atomic E-state index is -0.157. The van der Waals surface area contributed by atoms with Gasteiger partial charge in [0.25, 0.3) is 0 Å². The van der Waals surface area contributed by atoms with E-state index >= 15 is 0 Å². The lowest BCUT2D eigenvalue weighted by Gasteiger charge is -2.31. The molecule has 31 heavy (non-hydrogen) atoms. The Hall–Kier alpha value is -2.90. The summed E-state index contributed by atoms with van der Waals surface area (Å²) in [5, 5.41) is 3.60. The van der Waals surface area contributed by atoms with Crippen LogP contribution in [0, 0.1) is 5.82 Å². The lowest BCUT2D eigenvalue weighted by atomic mass is 10.0. The lowest BCUT2D eigenvalue weighted by Crippen LogP contribution is -2.34. The summed E-state index contributed by atoms with van der Waals surface area (Å²) in [5.41, 5.74) is 3.84. The molecule has 6 nitrogen and oxygen atoms in total. The molecule has 2 aromatic heterocycles. The predicted molar refractivity (Wildman–Crippen MR) is 121 cm³/mol. The molecule has 0 radical (unpaired) electrons. The molecule has 162 valence electrons. The average molecular weight is 421 g/mol. The van der Waals surface area contributed by atoms with Gasteiger partial charge in [-0.05, 0) is 39.2 Å². The lowest BCUT2D eigenvalue weighted by molar-refractivity contribution is 0.240. The first-order chi connectivity index (χ1) is 15.0. The number of fused-ring (bicyclic) bond motifs is 1. The smallest absolute Gasteiger partial charge is 0.161 e. The molecule has 0 saturated heterocycles. The van der Waals surface area contributed by atoms with E-state index < -0.39 is 0 Å². The van der Waals surface area contributed by atoms with Crippen LogP contribution in [0.2, 0.25) is 0 Å². The number of anilines is 1. The maximum atomic E-state index is 14.2. The van der Waals surface area contributed by atoms with Crippen LogP contribution in [0.15, 0.2) is 48.8 Å². The van der Waals surface area contributed by atoms with Crippen LogP contribution in [0.4, 0.5) is 10.2 Å². The van der Waals surface area contributed by atoms with E-state index in [0.29, 0.717) is 18.9 Å². The van der Waals surface area contributed by atoms with E-state index in [4.69, 9.17) is 9.97 Å². The summed E-state index contributed by atoms with van der Waals surface area (Å²) in [5.74, 6) is 1.42. The van der Waals surface area contributed by atoms with Gasteiger partial charge in [-0.3, -0.25) is 9.88 Å². The predicted octanol–water partition coefficient (Wildman–Crippen LogP) is 3.60. The van der Waals surface area contributed by atoms with Crippen molar-refractivity contribution in [1.82, 2.24) is 24.8 Å². The van der Waals surface area contributed by atoms with E-state index in [0.717, 1.165) is 47.7 Å². The van der Waals surface area contributed by atoms with Crippen LogP contribution >= 0.6 is 0 Å². The summed E-state index contributed by atoms with van der Waals surface area (Å²) in [6.45, 7) is 5.14. The molecule has 1 aliphatic rings. The fourth-order valence-corrected chi connectivity index (χ4v) is 4.05. The molecule has 1 N–H and O–H groups in total. The number of pyridine rings is 1. The van der Waals surface area contributed by atoms with Crippen molar-refractivity contribution < 1.29 is 4.39 Å². The maximum absolute atomic E-state index is 14.2. The van der Waals surface area contributed by atoms with Crippen LogP contribution < -0.4 is 5.32 Å². The summed E-state index contributed by atoms with van der Waals surface area (Å²) in [6, 6.07) is 11.1. The van der Waals surface area contributed by atoms with Gasteiger partial charge >= 0.3 is 0 Å². The van der Waals surface area contributed by atoms with E-state index in [2.05, 4.69) is 41.1 Å². The number of benzene rings is 1. The highest BCUT2D eigenvalue weighted by molar-refractivity contribution is 5.60. The monoisotopic (exact) mass is 420 g/mol. The average Bonchev–Trinajstić information content (AvgIpc) is 2.75. The molecule has 1 atom stereocenters. The molecule has 3 aromatic rings. The number of likely N-dealkylation sites (N-methyl/N-ethyl adjacent to an activating group) is 1. The fraction of sp³-hybridized carbons (Fsp3) is 0.375. The standard InChI is InChI=1S/C24H29FN6/c1-17(14-30(2)3)27-24-20-16-31(15-19-6-4-5-7-21(19)25)13-10-22(20)28-23(29-24)18-8-11-26-12-9-18/h4-9,11-12,17H,10,13-16H2,1-3H3,(H,27,28,29)/t17-/m0/s1. The normalized spacial score (nSPS) is 15.0. The van der Waals surface area contributed by atoms with Crippen molar-refractivity contribution in [2.45, 2.75) is 32.5 Å². The molecule has 1 aromatic carbocycles. The Balaban J connectivity index is 1.64. The Kier molecular flexibility index (Phi) is 6.53. The highest BCUT2D eigenvalue weighted by Gasteiger charge is 2.24. The third kappa shape index (κ3) is 5.24. The van der Waals surface area contributed by atoms with Gasteiger partial charge < -0.3 is 10.2 Å². The Labute approximate surface area is 183 Å². The molecule has 0 unspecified atom stereocenters. The second kappa shape index (κ2) is 9.49. The number of hydrogen-bond donors (Lipinski definition) is 1. The number of hydrogen-bond acceptors (Lipinski definition) is 6. The molecule has 4 rings (SSSR count). The minimum absolute atomic E-state index is 0.157. The van der Waals surface area contributed by atoms with Gasteiger partial charge in [0.1, 0.15) is 11.6 Å². The summed E-state index contributed by atoms with van der Waals surface area (Å²) in [7, 11) is 4.12. The topological polar surface area (TPSA) is 57.2 Å². The van der Waals surface area contributed by atoms with Gasteiger partial charge in [-0.2, -0.15) is 0 Å². The molecular formula is C24H29FN6. The SMILES string of the molecule is C[C@@H](CN(C)C)Nc1nc(-c2ccncc2)nc2c1CN(Cc1ccccc1F)CC2. The highest BCUT2D eigenvalue weighted by Crippen LogP contribution is 2.28. The van der Waals surface area contributed by atoms with E-state index in [1.807, 2.05) is 24.3 Å². The minimum Gasteiger partial charge on any atom is -0.366 e. The maximum Gasteiger partial charge on any atom is 0.161 e. The van der Waals surface area contributed by atoms with Gasteiger partial charge in [-0.1, -0.05) is 18.2 Å². The van der Waals surface area contributed by atoms with E-state index in [-0.39, 0.29) is 11.9 Å². The van der Waals surface area contributed by atoms with Crippen molar-refractivity contribution in [2.24, 2.45) is 0 Å². The zero-order valence-electron chi connectivity index (χ0n) is 18.3. The van der Waals surface area contributed by atoms with Gasteiger partial charge in [0.05, 0.1) is 5.69 Å². The Morgan fingerprint density at radius 2 is 1.90 bits per heavy atom. The molecular weight excluding hydrogens is 391 g/mol. The van der Waals surface area contributed by atoms with Crippen LogP contribution in [0.5, 0.6) is 0 Å². The third-order valence-corrected chi connectivity index (χ3v) is 5.45. The summed E-state index contributed by atoms with van der Waals surface area (Å²) in [6.07, 6.45) is 4.33. The highest BCUT2D eigenvalue weighted by atomic mass is 19.1. The third-order valence-electron chi connectivity index (χ3n) is 5.45. The molecule has 0 amide bonds. The first-order valence-corrected chi connectivity index (χ1v) is 10.7. The molecule has 1 aliphatic heterocycles. The van der Waals surface area contributed by atoms with Gasteiger partial charge in [-0.25, -0.2) is 14.4 Å². The fourth-order valence-electron chi connectivity index (χ4n) is 4.05. The van der Waals surface area contributed by atoms with Crippen molar-refractivity contribution in [3.8, 4) is 11.4 Å². The molecule has 7 heteroatoms. The van der Waals surface area contributed by atoms with Crippen LogP contribution in [-0.4, -0.2) is 58.0 Å². The number of nitrogens with zero attached hydrogens (tertiary/aromatic N) is 5. The number of nitrogens with one attached hydrogen (secondary N) is 1. The summed E-state index contributed by atoms with van der Waals surface area (Å²) in [4.78, 5) is 18.3. The van der Waals surface area contributed by atoms with Crippen molar-refractivity contribution in [3.63, 3.8) is 0 Å². The Morgan fingerprint density at radius 3 is 2.65 bits per heavy atom. The second-order valence-corrected chi connectivity index (χ2v) is 8.42. The van der Waals surface area contributed by atoms with Gasteiger partial charge in [0, 0.05) is 67.7 Å². The van der Waals surface area contributed by atoms with E-state index in [9.17, 15) is 4.39 Å². The van der Waals surface area contributed by atoms with Gasteiger partial charge in [0.2, 0.25) is 0 Å². The second-order valence-electron chi connectivity index (χ2n) is 8.42. The van der Waals surface area contributed by atoms with Crippen molar-refractivity contribution in [2.75, 3.05) is 32.5 Å². The first-order valence-electron chi connectivity index (χ1n) is 10.7. The Bertz CT molecular complexity index is 1020. The van der Waals surface area contributed by atoms with Crippen LogP contribution in [0.25, 0.3) is 11.4 Å². The first kappa shape index (κ1) is 21.3. The Morgan fingerprint density at radius 1 is 1.13 bits per heavy atom. The quantitative estimate of drug-likeness (QED) is 0.630. The molecule has 0 spiro atoms. The number of rotatable bonds is 7. The van der Waals surface area contributed by atoms with Crippen LogP contribution in [-0.2, 0) is 19.5 Å². The zero-order valence-corrected chi connectivity index (χ0v) is 18.3. The molecule has 0 saturated carbocycles. The summed E-state index contributed by atoms with van der Waals surface area (Å²) >= 11 is 0. The molecule has 3 heterocycles. The summed E-state index contributed by atoms with van der Waals surface area (Å²) < 4.78 is 14.2. The van der Waals surface area contributed by atoms with E-state index in [1.165, 1.54) is 6.07 Å². The van der Waals surface area contributed by atoms with Crippen molar-refractivity contribution in [3.05, 3.63) is 71.4 Å².